The third kappa shape index (κ3) is 4.37. The summed E-state index contributed by atoms with van der Waals surface area (Å²) in [6.45, 7) is 0. The van der Waals surface area contributed by atoms with Gasteiger partial charge in [-0.15, -0.1) is 23.1 Å². The number of nitrogens with one attached hydrogen (secondary N) is 2. The molecule has 0 amide bonds. The van der Waals surface area contributed by atoms with Gasteiger partial charge in [-0.3, -0.25) is 19.3 Å². The van der Waals surface area contributed by atoms with Crippen LogP contribution in [0.15, 0.2) is 61.2 Å². The van der Waals surface area contributed by atoms with Crippen molar-refractivity contribution in [2.45, 2.75) is 17.2 Å². The normalized spacial score (nSPS) is 10.7. The van der Waals surface area contributed by atoms with Crippen LogP contribution in [0, 0.1) is 11.3 Å². The fourth-order valence-electron chi connectivity index (χ4n) is 2.76. The van der Waals surface area contributed by atoms with Crippen molar-refractivity contribution in [3.05, 3.63) is 84.5 Å². The molecule has 4 aromatic heterocycles. The van der Waals surface area contributed by atoms with Gasteiger partial charge in [0.1, 0.15) is 6.07 Å². The van der Waals surface area contributed by atoms with Crippen molar-refractivity contribution in [3.63, 3.8) is 0 Å². The molecule has 144 valence electrons. The van der Waals surface area contributed by atoms with Gasteiger partial charge in [-0.1, -0.05) is 11.2 Å². The predicted molar refractivity (Wildman–Crippen MR) is 109 cm³/mol. The molecule has 0 spiro atoms. The van der Waals surface area contributed by atoms with Crippen LogP contribution >= 0.6 is 23.1 Å². The molecule has 0 aliphatic carbocycles. The molecule has 10 heteroatoms. The van der Waals surface area contributed by atoms with Gasteiger partial charge in [0.05, 0.1) is 10.6 Å². The summed E-state index contributed by atoms with van der Waals surface area (Å²) in [7, 11) is 0. The lowest BCUT2D eigenvalue weighted by atomic mass is 10.1. The first-order chi connectivity index (χ1) is 14.1. The van der Waals surface area contributed by atoms with E-state index in [2.05, 4.69) is 30.7 Å². The Balaban J connectivity index is 1.58. The van der Waals surface area contributed by atoms with Crippen LogP contribution < -0.4 is 11.3 Å². The lowest BCUT2D eigenvalue weighted by molar-refractivity contribution is 0.388. The van der Waals surface area contributed by atoms with Gasteiger partial charge >= 0.3 is 5.76 Å². The Kier molecular flexibility index (Phi) is 5.41. The third-order valence-corrected chi connectivity index (χ3v) is 5.99. The number of hydrogen-bond donors (Lipinski definition) is 2. The summed E-state index contributed by atoms with van der Waals surface area (Å²) < 4.78 is 4.52. The Morgan fingerprint density at radius 2 is 2.14 bits per heavy atom. The van der Waals surface area contributed by atoms with E-state index in [1.54, 1.807) is 23.7 Å². The minimum atomic E-state index is -0.640. The molecular formula is C19H13N5O3S2. The standard InChI is InChI=1S/C19H13N5O3S2/c20-7-15-12(5-14-2-1-3-28-14)6-16(25)22-18(15)29-10-11-4-13(9-21-8-11)17-23-19(26)27-24-17/h1-4,6,8-9H,5,10H2,(H,22,25)(H,23,24,26). The lowest BCUT2D eigenvalue weighted by Crippen LogP contribution is -2.10. The largest absolute Gasteiger partial charge is 0.439 e. The maximum Gasteiger partial charge on any atom is 0.439 e. The van der Waals surface area contributed by atoms with E-state index in [1.165, 1.54) is 17.8 Å². The molecule has 0 radical (unpaired) electrons. The van der Waals surface area contributed by atoms with E-state index in [4.69, 9.17) is 0 Å². The van der Waals surface area contributed by atoms with E-state index < -0.39 is 5.76 Å². The molecule has 4 aromatic rings. The fourth-order valence-corrected chi connectivity index (χ4v) is 4.45. The number of H-pyrrole nitrogens is 2. The molecule has 0 aromatic carbocycles. The summed E-state index contributed by atoms with van der Waals surface area (Å²) in [5.41, 5.74) is 2.37. The number of thioether (sulfide) groups is 1. The lowest BCUT2D eigenvalue weighted by Gasteiger charge is -2.08. The third-order valence-electron chi connectivity index (χ3n) is 4.04. The summed E-state index contributed by atoms with van der Waals surface area (Å²) in [6.07, 6.45) is 3.77. The molecule has 29 heavy (non-hydrogen) atoms. The monoisotopic (exact) mass is 423 g/mol. The number of thiophene rings is 1. The Hall–Kier alpha value is -3.42. The highest BCUT2D eigenvalue weighted by Gasteiger charge is 2.13. The highest BCUT2D eigenvalue weighted by Crippen LogP contribution is 2.27. The van der Waals surface area contributed by atoms with Crippen LogP contribution in [-0.4, -0.2) is 20.1 Å². The van der Waals surface area contributed by atoms with E-state index in [0.717, 1.165) is 10.4 Å². The van der Waals surface area contributed by atoms with Gasteiger partial charge < -0.3 is 4.98 Å². The number of pyridine rings is 2. The number of nitrogens with zero attached hydrogens (tertiary/aromatic N) is 3. The van der Waals surface area contributed by atoms with Gasteiger partial charge in [0.2, 0.25) is 5.56 Å². The zero-order valence-corrected chi connectivity index (χ0v) is 16.5. The molecule has 0 atom stereocenters. The summed E-state index contributed by atoms with van der Waals surface area (Å²) in [5, 5.41) is 15.8. The van der Waals surface area contributed by atoms with Gasteiger partial charge in [-0.05, 0) is 28.6 Å². The van der Waals surface area contributed by atoms with E-state index in [9.17, 15) is 14.9 Å². The Morgan fingerprint density at radius 3 is 2.86 bits per heavy atom. The van der Waals surface area contributed by atoms with Crippen LogP contribution in [0.5, 0.6) is 0 Å². The molecule has 0 aliphatic rings. The van der Waals surface area contributed by atoms with Crippen molar-refractivity contribution in [2.24, 2.45) is 0 Å². The van der Waals surface area contributed by atoms with Crippen molar-refractivity contribution >= 4 is 23.1 Å². The minimum absolute atomic E-state index is 0.245. The molecule has 0 saturated carbocycles. The van der Waals surface area contributed by atoms with Crippen LogP contribution in [0.3, 0.4) is 0 Å². The van der Waals surface area contributed by atoms with Crippen LogP contribution in [0.25, 0.3) is 11.4 Å². The molecule has 0 unspecified atom stereocenters. The second-order valence-corrected chi connectivity index (χ2v) is 8.06. The zero-order valence-electron chi connectivity index (χ0n) is 14.8. The molecule has 0 fully saturated rings. The minimum Gasteiger partial charge on any atom is -0.316 e. The van der Waals surface area contributed by atoms with Gasteiger partial charge in [0.15, 0.2) is 5.82 Å². The smallest absolute Gasteiger partial charge is 0.316 e. The Labute approximate surface area is 172 Å². The maximum absolute atomic E-state index is 12.1. The van der Waals surface area contributed by atoms with E-state index in [-0.39, 0.29) is 5.56 Å². The molecule has 0 bridgehead atoms. The highest BCUT2D eigenvalue weighted by molar-refractivity contribution is 7.98. The van der Waals surface area contributed by atoms with Crippen molar-refractivity contribution in [2.75, 3.05) is 0 Å². The first-order valence-corrected chi connectivity index (χ1v) is 10.3. The van der Waals surface area contributed by atoms with Crippen LogP contribution in [0.1, 0.15) is 21.6 Å². The van der Waals surface area contributed by atoms with Crippen molar-refractivity contribution in [1.82, 2.24) is 20.1 Å². The van der Waals surface area contributed by atoms with Crippen LogP contribution in [-0.2, 0) is 12.2 Å². The highest BCUT2D eigenvalue weighted by atomic mass is 32.2. The average Bonchev–Trinajstić information content (AvgIpc) is 3.38. The first-order valence-electron chi connectivity index (χ1n) is 8.44. The molecule has 0 saturated heterocycles. The quantitative estimate of drug-likeness (QED) is 0.456. The van der Waals surface area contributed by atoms with Crippen molar-refractivity contribution in [1.29, 1.82) is 5.26 Å². The summed E-state index contributed by atoms with van der Waals surface area (Å²) in [4.78, 5) is 33.7. The van der Waals surface area contributed by atoms with Crippen molar-refractivity contribution < 1.29 is 4.52 Å². The van der Waals surface area contributed by atoms with Crippen LogP contribution in [0.2, 0.25) is 0 Å². The van der Waals surface area contributed by atoms with E-state index >= 15 is 0 Å². The molecule has 4 heterocycles. The van der Waals surface area contributed by atoms with Crippen LogP contribution in [0.4, 0.5) is 0 Å². The fraction of sp³-hybridized carbons (Fsp3) is 0.105. The zero-order chi connectivity index (χ0) is 20.2. The first kappa shape index (κ1) is 18.9. The number of nitriles is 1. The van der Waals surface area contributed by atoms with Gasteiger partial charge in [-0.2, -0.15) is 5.26 Å². The molecule has 2 N–H and O–H groups in total. The van der Waals surface area contributed by atoms with Gasteiger partial charge in [-0.25, -0.2) is 4.79 Å². The number of aromatic nitrogens is 4. The van der Waals surface area contributed by atoms with Gasteiger partial charge in [0.25, 0.3) is 0 Å². The summed E-state index contributed by atoms with van der Waals surface area (Å²) in [5.74, 6) is 0.118. The summed E-state index contributed by atoms with van der Waals surface area (Å²) in [6, 6.07) is 9.43. The maximum atomic E-state index is 12.1. The molecule has 0 aliphatic heterocycles. The number of aromatic amines is 2. The number of hydrogen-bond acceptors (Lipinski definition) is 8. The second kappa shape index (κ2) is 8.30. The Morgan fingerprint density at radius 1 is 1.24 bits per heavy atom. The van der Waals surface area contributed by atoms with Gasteiger partial charge in [0, 0.05) is 41.1 Å². The summed E-state index contributed by atoms with van der Waals surface area (Å²) >= 11 is 2.93. The predicted octanol–water partition coefficient (Wildman–Crippen LogP) is 2.93. The average molecular weight is 423 g/mol. The topological polar surface area (TPSA) is 128 Å². The number of rotatable bonds is 6. The van der Waals surface area contributed by atoms with Crippen molar-refractivity contribution in [3.8, 4) is 17.5 Å². The van der Waals surface area contributed by atoms with E-state index in [1.807, 2.05) is 23.6 Å². The molecular weight excluding hydrogens is 410 g/mol. The Bertz CT molecular complexity index is 1300. The van der Waals surface area contributed by atoms with E-state index in [0.29, 0.717) is 39.7 Å². The molecule has 8 nitrogen and oxygen atoms in total. The molecule has 4 rings (SSSR count). The SMILES string of the molecule is N#Cc1c(Cc2cccs2)cc(=O)[nH]c1SCc1cncc(-c2noc(=O)[nH]2)c1. The second-order valence-electron chi connectivity index (χ2n) is 6.05.